The molecule has 7 nitrogen and oxygen atoms in total. The van der Waals surface area contributed by atoms with Crippen molar-refractivity contribution in [3.63, 3.8) is 0 Å². The second-order valence-electron chi connectivity index (χ2n) is 10.7. The van der Waals surface area contributed by atoms with Crippen LogP contribution in [0.5, 0.6) is 0 Å². The first kappa shape index (κ1) is 29.3. The van der Waals surface area contributed by atoms with E-state index in [1.54, 1.807) is 4.68 Å². The maximum absolute atomic E-state index is 14.7. The summed E-state index contributed by atoms with van der Waals surface area (Å²) in [6.45, 7) is 8.52. The van der Waals surface area contributed by atoms with Crippen LogP contribution in [0.15, 0.2) is 42.5 Å². The van der Waals surface area contributed by atoms with Crippen LogP contribution in [-0.2, 0) is 11.3 Å². The Morgan fingerprint density at radius 1 is 1.18 bits per heavy atom. The van der Waals surface area contributed by atoms with Crippen molar-refractivity contribution in [3.8, 4) is 11.4 Å². The largest absolute Gasteiger partial charge is 0.384 e. The minimum atomic E-state index is -1.34. The molecule has 10 heteroatoms. The average molecular weight is 532 g/mol. The number of carbonyl (C=O) groups excluding carboxylic acids is 1. The zero-order valence-corrected chi connectivity index (χ0v) is 22.5. The fraction of sp³-hybridized carbons (Fsp3) is 0.464. The Hall–Kier alpha value is -3.24. The van der Waals surface area contributed by atoms with E-state index in [2.05, 4.69) is 10.1 Å². The van der Waals surface area contributed by atoms with Gasteiger partial charge in [0.15, 0.2) is 11.6 Å². The molecular formula is C28H36F3N5O2. The van der Waals surface area contributed by atoms with Crippen molar-refractivity contribution < 1.29 is 23.1 Å². The summed E-state index contributed by atoms with van der Waals surface area (Å²) in [5, 5.41) is 14.8. The molecule has 3 aromatic rings. The molecule has 0 aliphatic rings. The topological polar surface area (TPSA) is 97.3 Å². The van der Waals surface area contributed by atoms with Gasteiger partial charge < -0.3 is 15.7 Å². The van der Waals surface area contributed by atoms with Gasteiger partial charge in [0, 0.05) is 12.6 Å². The first-order valence-corrected chi connectivity index (χ1v) is 12.6. The van der Waals surface area contributed by atoms with Crippen molar-refractivity contribution in [2.24, 2.45) is 11.1 Å². The normalized spacial score (nSPS) is 14.3. The van der Waals surface area contributed by atoms with E-state index in [0.717, 1.165) is 29.3 Å². The summed E-state index contributed by atoms with van der Waals surface area (Å²) in [5.41, 5.74) is 6.97. The Labute approximate surface area is 221 Å². The highest BCUT2D eigenvalue weighted by Crippen LogP contribution is 2.39. The van der Waals surface area contributed by atoms with Gasteiger partial charge in [-0.3, -0.25) is 4.79 Å². The van der Waals surface area contributed by atoms with Crippen LogP contribution in [0.25, 0.3) is 11.4 Å². The summed E-state index contributed by atoms with van der Waals surface area (Å²) in [4.78, 5) is 19.3. The number of amides is 1. The summed E-state index contributed by atoms with van der Waals surface area (Å²) < 4.78 is 43.6. The first-order valence-electron chi connectivity index (χ1n) is 12.6. The van der Waals surface area contributed by atoms with Gasteiger partial charge in [-0.2, -0.15) is 5.10 Å². The van der Waals surface area contributed by atoms with Crippen molar-refractivity contribution >= 4 is 5.91 Å². The predicted molar refractivity (Wildman–Crippen MR) is 140 cm³/mol. The zero-order chi connectivity index (χ0) is 28.2. The molecule has 3 N–H and O–H groups in total. The van der Waals surface area contributed by atoms with Crippen molar-refractivity contribution in [2.45, 2.75) is 65.8 Å². The highest BCUT2D eigenvalue weighted by atomic mass is 19.1. The number of nitrogens with two attached hydrogens (primary N) is 1. The molecular weight excluding hydrogens is 495 g/mol. The van der Waals surface area contributed by atoms with Crippen LogP contribution in [-0.4, -0.2) is 56.0 Å². The van der Waals surface area contributed by atoms with E-state index in [-0.39, 0.29) is 30.9 Å². The van der Waals surface area contributed by atoms with Gasteiger partial charge in [0.2, 0.25) is 0 Å². The molecule has 0 bridgehead atoms. The molecule has 0 aliphatic carbocycles. The minimum absolute atomic E-state index is 0.0381. The molecule has 3 rings (SSSR count). The van der Waals surface area contributed by atoms with Gasteiger partial charge >= 0.3 is 0 Å². The number of alkyl halides is 1. The molecule has 0 spiro atoms. The van der Waals surface area contributed by atoms with Crippen LogP contribution in [0.2, 0.25) is 0 Å². The van der Waals surface area contributed by atoms with Crippen LogP contribution in [0, 0.1) is 24.0 Å². The number of aromatic nitrogens is 3. The van der Waals surface area contributed by atoms with Crippen LogP contribution in [0.3, 0.4) is 0 Å². The molecule has 2 aromatic carbocycles. The van der Waals surface area contributed by atoms with Gasteiger partial charge in [0.1, 0.15) is 24.4 Å². The molecule has 2 unspecified atom stereocenters. The highest BCUT2D eigenvalue weighted by Gasteiger charge is 2.40. The third-order valence-corrected chi connectivity index (χ3v) is 6.24. The Bertz CT molecular complexity index is 1260. The van der Waals surface area contributed by atoms with E-state index in [0.29, 0.717) is 5.82 Å². The van der Waals surface area contributed by atoms with Gasteiger partial charge in [-0.15, -0.1) is 0 Å². The summed E-state index contributed by atoms with van der Waals surface area (Å²) >= 11 is 0. The van der Waals surface area contributed by atoms with Crippen LogP contribution >= 0.6 is 0 Å². The lowest BCUT2D eigenvalue weighted by Gasteiger charge is -2.40. The van der Waals surface area contributed by atoms with Crippen molar-refractivity contribution in [3.05, 3.63) is 71.1 Å². The molecule has 1 heterocycles. The molecule has 206 valence electrons. The van der Waals surface area contributed by atoms with E-state index in [1.807, 2.05) is 52.0 Å². The Morgan fingerprint density at radius 3 is 2.50 bits per heavy atom. The smallest absolute Gasteiger partial charge is 0.251 e. The first-order chi connectivity index (χ1) is 17.8. The lowest BCUT2D eigenvalue weighted by molar-refractivity contribution is -0.145. The number of aliphatic hydroxyl groups excluding tert-OH is 1. The Balaban J connectivity index is 2.22. The van der Waals surface area contributed by atoms with Crippen LogP contribution < -0.4 is 5.73 Å². The highest BCUT2D eigenvalue weighted by molar-refractivity contribution is 5.80. The van der Waals surface area contributed by atoms with E-state index in [1.165, 1.54) is 11.8 Å². The lowest BCUT2D eigenvalue weighted by Crippen LogP contribution is -2.47. The second kappa shape index (κ2) is 12.1. The zero-order valence-electron chi connectivity index (χ0n) is 22.5. The van der Waals surface area contributed by atoms with Gasteiger partial charge in [-0.1, -0.05) is 50.6 Å². The second-order valence-corrected chi connectivity index (χ2v) is 10.7. The Morgan fingerprint density at radius 2 is 1.89 bits per heavy atom. The standard InChI is InChI=1S/C28H36F3N5O2/c1-17-7-6-8-19(13-17)16-36-26(33-25(34-36)22-14-20(30)9-10-23(22)31)24(28(3,4)5)35(27(38)18(2)37)12-11-21(32)15-29/h6-10,13-14,18,21,24,37H,11-12,15-16,32H2,1-5H3/t18?,21?,24-/m0/s1. The number of aryl methyl sites for hydroxylation is 1. The molecule has 1 amide bonds. The number of rotatable bonds is 10. The Kier molecular flexibility index (Phi) is 9.32. The van der Waals surface area contributed by atoms with Crippen molar-refractivity contribution in [1.29, 1.82) is 0 Å². The SMILES string of the molecule is Cc1cccc(Cn2nc(-c3cc(F)ccc3F)nc2[C@H](N(CCC(N)CF)C(=O)C(C)O)C(C)(C)C)c1. The number of aliphatic hydroxyl groups is 1. The van der Waals surface area contributed by atoms with E-state index >= 15 is 0 Å². The van der Waals surface area contributed by atoms with Gasteiger partial charge in [-0.05, 0) is 49.4 Å². The molecule has 0 radical (unpaired) electrons. The quantitative estimate of drug-likeness (QED) is 0.400. The number of halogens is 3. The average Bonchev–Trinajstić information content (AvgIpc) is 3.23. The third kappa shape index (κ3) is 6.99. The van der Waals surface area contributed by atoms with Gasteiger partial charge in [-0.25, -0.2) is 22.8 Å². The van der Waals surface area contributed by atoms with Crippen molar-refractivity contribution in [1.82, 2.24) is 19.7 Å². The number of hydrogen-bond acceptors (Lipinski definition) is 5. The number of hydrogen-bond donors (Lipinski definition) is 2. The fourth-order valence-electron chi connectivity index (χ4n) is 4.42. The van der Waals surface area contributed by atoms with Gasteiger partial charge in [0.05, 0.1) is 18.2 Å². The summed E-state index contributed by atoms with van der Waals surface area (Å²) in [7, 11) is 0. The summed E-state index contributed by atoms with van der Waals surface area (Å²) in [6.07, 6.45) is -1.19. The summed E-state index contributed by atoms with van der Waals surface area (Å²) in [5.74, 6) is -1.64. The van der Waals surface area contributed by atoms with Gasteiger partial charge in [0.25, 0.3) is 5.91 Å². The molecule has 0 fully saturated rings. The molecule has 38 heavy (non-hydrogen) atoms. The molecule has 1 aromatic heterocycles. The van der Waals surface area contributed by atoms with Crippen LogP contribution in [0.1, 0.15) is 57.1 Å². The van der Waals surface area contributed by atoms with Crippen molar-refractivity contribution in [2.75, 3.05) is 13.2 Å². The van der Waals surface area contributed by atoms with E-state index in [4.69, 9.17) is 5.73 Å². The third-order valence-electron chi connectivity index (χ3n) is 6.24. The maximum atomic E-state index is 14.7. The maximum Gasteiger partial charge on any atom is 0.251 e. The summed E-state index contributed by atoms with van der Waals surface area (Å²) in [6, 6.07) is 9.22. The van der Waals surface area contributed by atoms with E-state index < -0.39 is 47.8 Å². The molecule has 0 aliphatic heterocycles. The number of benzene rings is 2. The molecule has 3 atom stereocenters. The number of nitrogens with zero attached hydrogens (tertiary/aromatic N) is 4. The fourth-order valence-corrected chi connectivity index (χ4v) is 4.42. The van der Waals surface area contributed by atoms with E-state index in [9.17, 15) is 23.1 Å². The molecule has 0 saturated heterocycles. The monoisotopic (exact) mass is 531 g/mol. The van der Waals surface area contributed by atoms with Crippen LogP contribution in [0.4, 0.5) is 13.2 Å². The molecule has 0 saturated carbocycles. The number of carbonyl (C=O) groups is 1. The lowest BCUT2D eigenvalue weighted by atomic mass is 9.84. The predicted octanol–water partition coefficient (Wildman–Crippen LogP) is 4.56. The minimum Gasteiger partial charge on any atom is -0.384 e.